The summed E-state index contributed by atoms with van der Waals surface area (Å²) < 4.78 is 11.2. The highest BCUT2D eigenvalue weighted by atomic mass is 32.1. The number of aromatic nitrogens is 2. The Bertz CT molecular complexity index is 888. The average molecular weight is 355 g/mol. The van der Waals surface area contributed by atoms with Gasteiger partial charge in [-0.1, -0.05) is 18.2 Å². The number of ether oxygens (including phenoxy) is 2. The number of rotatable bonds is 4. The molecule has 1 aliphatic heterocycles. The lowest BCUT2D eigenvalue weighted by molar-refractivity contribution is -0.0819. The predicted molar refractivity (Wildman–Crippen MR) is 101 cm³/mol. The smallest absolute Gasteiger partial charge is 0.138 e. The van der Waals surface area contributed by atoms with Gasteiger partial charge in [-0.3, -0.25) is 0 Å². The van der Waals surface area contributed by atoms with Crippen molar-refractivity contribution in [1.82, 2.24) is 9.97 Å². The molecule has 6 heteroatoms. The van der Waals surface area contributed by atoms with Gasteiger partial charge in [0.05, 0.1) is 31.3 Å². The van der Waals surface area contributed by atoms with Gasteiger partial charge in [0.25, 0.3) is 0 Å². The number of anilines is 1. The van der Waals surface area contributed by atoms with Gasteiger partial charge < -0.3 is 14.8 Å². The molecule has 5 nitrogen and oxygen atoms in total. The molecule has 1 atom stereocenters. The first-order chi connectivity index (χ1) is 12.2. The van der Waals surface area contributed by atoms with Crippen LogP contribution >= 0.6 is 11.3 Å². The van der Waals surface area contributed by atoms with E-state index >= 15 is 0 Å². The number of thiophene rings is 1. The maximum Gasteiger partial charge on any atom is 0.138 e. The van der Waals surface area contributed by atoms with Crippen LogP contribution in [0, 0.1) is 13.8 Å². The Labute approximate surface area is 151 Å². The van der Waals surface area contributed by atoms with Crippen LogP contribution in [0.5, 0.6) is 0 Å². The SMILES string of the molecule is Cc1ccc(-c2csc3ncnc(NC[C@H]4COCCO4)c23)cc1C. The van der Waals surface area contributed by atoms with Gasteiger partial charge in [0.15, 0.2) is 0 Å². The fraction of sp³-hybridized carbons (Fsp3) is 0.368. The maximum absolute atomic E-state index is 5.71. The van der Waals surface area contributed by atoms with E-state index in [0.717, 1.165) is 16.0 Å². The standard InChI is InChI=1S/C19H21N3O2S/c1-12-3-4-14(7-13(12)2)16-10-25-19-17(16)18(21-11-22-19)20-8-15-9-23-5-6-24-15/h3-4,7,10-11,15H,5-6,8-9H2,1-2H3,(H,20,21,22)/t15-/m0/s1. The largest absolute Gasteiger partial charge is 0.376 e. The first-order valence-corrected chi connectivity index (χ1v) is 9.33. The molecule has 2 aromatic heterocycles. The van der Waals surface area contributed by atoms with Crippen molar-refractivity contribution in [3.8, 4) is 11.1 Å². The molecule has 25 heavy (non-hydrogen) atoms. The third-order valence-electron chi connectivity index (χ3n) is 4.57. The van der Waals surface area contributed by atoms with Crippen molar-refractivity contribution in [1.29, 1.82) is 0 Å². The van der Waals surface area contributed by atoms with Crippen molar-refractivity contribution in [2.24, 2.45) is 0 Å². The topological polar surface area (TPSA) is 56.3 Å². The van der Waals surface area contributed by atoms with Gasteiger partial charge in [-0.2, -0.15) is 0 Å². The first-order valence-electron chi connectivity index (χ1n) is 8.45. The molecule has 0 bridgehead atoms. The van der Waals surface area contributed by atoms with Crippen molar-refractivity contribution >= 4 is 27.4 Å². The van der Waals surface area contributed by atoms with Gasteiger partial charge in [-0.25, -0.2) is 9.97 Å². The van der Waals surface area contributed by atoms with Crippen LogP contribution in [0.4, 0.5) is 5.82 Å². The maximum atomic E-state index is 5.71. The Morgan fingerprint density at radius 1 is 1.20 bits per heavy atom. The van der Waals surface area contributed by atoms with Gasteiger partial charge in [0.1, 0.15) is 17.0 Å². The number of nitrogens with zero attached hydrogens (tertiary/aromatic N) is 2. The lowest BCUT2D eigenvalue weighted by Crippen LogP contribution is -2.34. The second-order valence-electron chi connectivity index (χ2n) is 6.30. The summed E-state index contributed by atoms with van der Waals surface area (Å²) in [6, 6.07) is 6.56. The zero-order chi connectivity index (χ0) is 17.2. The first kappa shape index (κ1) is 16.4. The van der Waals surface area contributed by atoms with Gasteiger partial charge in [-0.15, -0.1) is 11.3 Å². The summed E-state index contributed by atoms with van der Waals surface area (Å²) in [5, 5.41) is 6.67. The van der Waals surface area contributed by atoms with E-state index in [2.05, 4.69) is 52.7 Å². The number of aryl methyl sites for hydroxylation is 2. The molecule has 1 aromatic carbocycles. The lowest BCUT2D eigenvalue weighted by atomic mass is 10.0. The summed E-state index contributed by atoms with van der Waals surface area (Å²) in [5.74, 6) is 0.855. The molecule has 4 rings (SSSR count). The van der Waals surface area contributed by atoms with Crippen LogP contribution in [0.15, 0.2) is 29.9 Å². The minimum Gasteiger partial charge on any atom is -0.376 e. The summed E-state index contributed by atoms with van der Waals surface area (Å²) in [5.41, 5.74) is 4.96. The fourth-order valence-corrected chi connectivity index (χ4v) is 3.91. The minimum atomic E-state index is 0.0578. The summed E-state index contributed by atoms with van der Waals surface area (Å²) in [6.45, 7) is 6.90. The van der Waals surface area contributed by atoms with Gasteiger partial charge in [0, 0.05) is 17.5 Å². The molecule has 1 aliphatic rings. The van der Waals surface area contributed by atoms with Crippen molar-refractivity contribution in [3.63, 3.8) is 0 Å². The number of nitrogens with one attached hydrogen (secondary N) is 1. The van der Waals surface area contributed by atoms with Crippen LogP contribution in [-0.2, 0) is 9.47 Å². The van der Waals surface area contributed by atoms with Crippen LogP contribution < -0.4 is 5.32 Å². The molecule has 130 valence electrons. The van der Waals surface area contributed by atoms with E-state index in [1.54, 1.807) is 17.7 Å². The highest BCUT2D eigenvalue weighted by Gasteiger charge is 2.17. The molecule has 3 heterocycles. The van der Waals surface area contributed by atoms with Crippen molar-refractivity contribution in [2.45, 2.75) is 20.0 Å². The zero-order valence-corrected chi connectivity index (χ0v) is 15.2. The molecule has 0 unspecified atom stereocenters. The Hall–Kier alpha value is -2.02. The highest BCUT2D eigenvalue weighted by molar-refractivity contribution is 7.17. The van der Waals surface area contributed by atoms with Crippen LogP contribution in [0.3, 0.4) is 0 Å². The van der Waals surface area contributed by atoms with E-state index in [-0.39, 0.29) is 6.10 Å². The summed E-state index contributed by atoms with van der Waals surface area (Å²) in [6.07, 6.45) is 1.67. The summed E-state index contributed by atoms with van der Waals surface area (Å²) in [7, 11) is 0. The van der Waals surface area contributed by atoms with E-state index in [9.17, 15) is 0 Å². The zero-order valence-electron chi connectivity index (χ0n) is 14.4. The van der Waals surface area contributed by atoms with E-state index in [0.29, 0.717) is 26.4 Å². The highest BCUT2D eigenvalue weighted by Crippen LogP contribution is 2.37. The van der Waals surface area contributed by atoms with Crippen LogP contribution in [0.2, 0.25) is 0 Å². The lowest BCUT2D eigenvalue weighted by Gasteiger charge is -2.23. The second kappa shape index (κ2) is 7.07. The monoisotopic (exact) mass is 355 g/mol. The molecule has 0 spiro atoms. The Kier molecular flexibility index (Phi) is 4.65. The molecule has 0 saturated carbocycles. The van der Waals surface area contributed by atoms with Crippen LogP contribution in [0.1, 0.15) is 11.1 Å². The quantitative estimate of drug-likeness (QED) is 0.771. The second-order valence-corrected chi connectivity index (χ2v) is 7.16. The molecule has 1 saturated heterocycles. The Morgan fingerprint density at radius 2 is 2.12 bits per heavy atom. The van der Waals surface area contributed by atoms with E-state index in [1.165, 1.54) is 22.3 Å². The Morgan fingerprint density at radius 3 is 2.92 bits per heavy atom. The van der Waals surface area contributed by atoms with Crippen LogP contribution in [-0.4, -0.2) is 42.4 Å². The molecule has 0 radical (unpaired) electrons. The summed E-state index contributed by atoms with van der Waals surface area (Å²) >= 11 is 1.65. The molecular weight excluding hydrogens is 334 g/mol. The van der Waals surface area contributed by atoms with Crippen LogP contribution in [0.25, 0.3) is 21.3 Å². The van der Waals surface area contributed by atoms with E-state index in [4.69, 9.17) is 9.47 Å². The predicted octanol–water partition coefficient (Wildman–Crippen LogP) is 3.80. The number of fused-ring (bicyclic) bond motifs is 1. The van der Waals surface area contributed by atoms with Crippen molar-refractivity contribution in [2.75, 3.05) is 31.7 Å². The molecule has 1 N–H and O–H groups in total. The average Bonchev–Trinajstić information content (AvgIpc) is 3.08. The molecule has 0 aliphatic carbocycles. The summed E-state index contributed by atoms with van der Waals surface area (Å²) in [4.78, 5) is 9.90. The van der Waals surface area contributed by atoms with Crippen molar-refractivity contribution < 1.29 is 9.47 Å². The van der Waals surface area contributed by atoms with Gasteiger partial charge >= 0.3 is 0 Å². The fourth-order valence-electron chi connectivity index (χ4n) is 3.00. The molecule has 1 fully saturated rings. The normalized spacial score (nSPS) is 17.8. The third-order valence-corrected chi connectivity index (χ3v) is 5.46. The van der Waals surface area contributed by atoms with E-state index in [1.807, 2.05) is 0 Å². The molecule has 3 aromatic rings. The van der Waals surface area contributed by atoms with Crippen molar-refractivity contribution in [3.05, 3.63) is 41.0 Å². The van der Waals surface area contributed by atoms with Gasteiger partial charge in [0.2, 0.25) is 0 Å². The number of hydrogen-bond donors (Lipinski definition) is 1. The third kappa shape index (κ3) is 3.38. The molecule has 0 amide bonds. The van der Waals surface area contributed by atoms with E-state index < -0.39 is 0 Å². The minimum absolute atomic E-state index is 0.0578. The number of benzene rings is 1. The number of hydrogen-bond acceptors (Lipinski definition) is 6. The van der Waals surface area contributed by atoms with Gasteiger partial charge in [-0.05, 0) is 30.5 Å². The molecular formula is C19H21N3O2S. The Balaban J connectivity index is 1.67.